The number of nitrogens with zero attached hydrogens (tertiary/aromatic N) is 1. The molecule has 2 fully saturated rings. The van der Waals surface area contributed by atoms with E-state index in [1.807, 2.05) is 0 Å². The zero-order valence-corrected chi connectivity index (χ0v) is 16.3. The van der Waals surface area contributed by atoms with Crippen molar-refractivity contribution in [2.75, 3.05) is 20.2 Å². The van der Waals surface area contributed by atoms with E-state index in [0.717, 1.165) is 32.4 Å². The molecule has 5 rings (SSSR count). The lowest BCUT2D eigenvalue weighted by Gasteiger charge is -2.50. The highest BCUT2D eigenvalue weighted by molar-refractivity contribution is 5.85. The van der Waals surface area contributed by atoms with E-state index in [0.29, 0.717) is 18.4 Å². The summed E-state index contributed by atoms with van der Waals surface area (Å²) in [4.78, 5) is 18.6. The second kappa shape index (κ2) is 7.12. The van der Waals surface area contributed by atoms with Crippen molar-refractivity contribution in [2.24, 2.45) is 17.8 Å². The number of carbonyl (C=O) groups is 1. The van der Waals surface area contributed by atoms with Crippen LogP contribution in [-0.2, 0) is 16.0 Å². The van der Waals surface area contributed by atoms with Crippen LogP contribution in [0.25, 0.3) is 10.9 Å². The van der Waals surface area contributed by atoms with E-state index < -0.39 is 6.10 Å². The van der Waals surface area contributed by atoms with Gasteiger partial charge in [0.25, 0.3) is 0 Å². The number of halogens is 1. The van der Waals surface area contributed by atoms with E-state index in [1.165, 1.54) is 29.3 Å². The molecule has 1 saturated carbocycles. The van der Waals surface area contributed by atoms with Crippen LogP contribution in [-0.4, -0.2) is 47.3 Å². The molecule has 5 atom stereocenters. The molecule has 1 saturated heterocycles. The van der Waals surface area contributed by atoms with Crippen LogP contribution in [0.4, 0.5) is 0 Å². The number of piperidine rings is 1. The van der Waals surface area contributed by atoms with Crippen molar-refractivity contribution in [1.29, 1.82) is 0 Å². The molecule has 0 spiro atoms. The van der Waals surface area contributed by atoms with Gasteiger partial charge in [0.1, 0.15) is 0 Å². The third-order valence-electron chi connectivity index (χ3n) is 7.02. The normalized spacial score (nSPS) is 32.7. The molecule has 5 nitrogen and oxygen atoms in total. The van der Waals surface area contributed by atoms with Crippen LogP contribution in [0.2, 0.25) is 0 Å². The monoisotopic (exact) mass is 389 g/mol. The molecule has 3 aliphatic rings. The summed E-state index contributed by atoms with van der Waals surface area (Å²) < 4.78 is 5.04. The van der Waals surface area contributed by atoms with Gasteiger partial charge in [0.2, 0.25) is 0 Å². The topological polar surface area (TPSA) is 65.6 Å². The fourth-order valence-corrected chi connectivity index (χ4v) is 5.80. The predicted molar refractivity (Wildman–Crippen MR) is 98.7 cm³/mol. The molecule has 146 valence electrons. The van der Waals surface area contributed by atoms with Crippen LogP contribution >= 0.6 is 0 Å². The second-order valence-corrected chi connectivity index (χ2v) is 8.18. The molecule has 0 radical (unpaired) electrons. The molecule has 1 aliphatic carbocycles. The maximum Gasteiger partial charge on any atom is 0.311 e. The Morgan fingerprint density at radius 1 is 1.30 bits per heavy atom. The van der Waals surface area contributed by atoms with Crippen LogP contribution in [0.1, 0.15) is 36.6 Å². The van der Waals surface area contributed by atoms with Crippen LogP contribution in [0.15, 0.2) is 24.3 Å². The van der Waals surface area contributed by atoms with Gasteiger partial charge in [-0.3, -0.25) is 9.69 Å². The molecule has 1 aromatic carbocycles. The van der Waals surface area contributed by atoms with Gasteiger partial charge in [-0.05, 0) is 49.1 Å². The quantitative estimate of drug-likeness (QED) is 0.654. The Morgan fingerprint density at radius 3 is 2.93 bits per heavy atom. The first kappa shape index (κ1) is 18.8. The van der Waals surface area contributed by atoms with E-state index in [-0.39, 0.29) is 30.2 Å². The summed E-state index contributed by atoms with van der Waals surface area (Å²) in [6.07, 6.45) is 3.14. The number of nitrogens with one attached hydrogen (secondary N) is 1. The van der Waals surface area contributed by atoms with E-state index >= 15 is 0 Å². The van der Waals surface area contributed by atoms with Crippen LogP contribution in [0.5, 0.6) is 0 Å². The Labute approximate surface area is 165 Å². The fraction of sp³-hybridized carbons (Fsp3) is 0.571. The average Bonchev–Trinajstić information content (AvgIpc) is 3.05. The SMILES string of the molecule is COC(=O)C1C(O)CCC2CN3CCc4c([nH]c5ccccc45)C3CC21.[Cl-]. The number of hydrogen-bond acceptors (Lipinski definition) is 4. The van der Waals surface area contributed by atoms with E-state index in [9.17, 15) is 9.90 Å². The van der Waals surface area contributed by atoms with Gasteiger partial charge < -0.3 is 27.2 Å². The maximum absolute atomic E-state index is 12.4. The van der Waals surface area contributed by atoms with Gasteiger partial charge >= 0.3 is 5.97 Å². The van der Waals surface area contributed by atoms with Crippen LogP contribution < -0.4 is 12.4 Å². The molecular weight excluding hydrogens is 364 g/mol. The Hall–Kier alpha value is -1.56. The summed E-state index contributed by atoms with van der Waals surface area (Å²) in [5.41, 5.74) is 3.96. The number of methoxy groups -OCH3 is 1. The van der Waals surface area contributed by atoms with Crippen molar-refractivity contribution < 1.29 is 27.0 Å². The highest BCUT2D eigenvalue weighted by Gasteiger charge is 2.49. The van der Waals surface area contributed by atoms with Gasteiger partial charge in [0.15, 0.2) is 0 Å². The Morgan fingerprint density at radius 2 is 2.11 bits per heavy atom. The molecule has 2 aromatic rings. The number of aromatic nitrogens is 1. The summed E-state index contributed by atoms with van der Waals surface area (Å²) in [5, 5.41) is 11.8. The summed E-state index contributed by atoms with van der Waals surface area (Å²) in [7, 11) is 1.43. The minimum absolute atomic E-state index is 0. The Kier molecular flexibility index (Phi) is 4.95. The standard InChI is InChI=1S/C21H26N2O3.ClH/c1-26-21(25)19-15-10-17-20-14(13-4-2-3-5-16(13)22-20)8-9-23(17)11-12(15)6-7-18(19)24;/h2-5,12,15,17-19,22,24H,6-11H2,1H3;1H/p-1. The van der Waals surface area contributed by atoms with Crippen molar-refractivity contribution in [3.05, 3.63) is 35.5 Å². The van der Waals surface area contributed by atoms with Crippen LogP contribution in [0, 0.1) is 17.8 Å². The summed E-state index contributed by atoms with van der Waals surface area (Å²) in [6.45, 7) is 2.10. The maximum atomic E-state index is 12.4. The molecule has 0 amide bonds. The number of benzene rings is 1. The molecule has 3 heterocycles. The number of aliphatic hydroxyl groups excluding tert-OH is 1. The highest BCUT2D eigenvalue weighted by Crippen LogP contribution is 2.49. The van der Waals surface area contributed by atoms with Crippen LogP contribution in [0.3, 0.4) is 0 Å². The smallest absolute Gasteiger partial charge is 0.311 e. The lowest BCUT2D eigenvalue weighted by atomic mass is 9.65. The van der Waals surface area contributed by atoms with E-state index in [1.54, 1.807) is 0 Å². The number of H-pyrrole nitrogens is 1. The minimum atomic E-state index is -0.568. The first-order valence-electron chi connectivity index (χ1n) is 9.76. The fourth-order valence-electron chi connectivity index (χ4n) is 5.80. The van der Waals surface area contributed by atoms with Crippen molar-refractivity contribution in [3.63, 3.8) is 0 Å². The predicted octanol–water partition coefficient (Wildman–Crippen LogP) is -0.349. The molecule has 5 unspecified atom stereocenters. The summed E-state index contributed by atoms with van der Waals surface area (Å²) >= 11 is 0. The molecule has 6 heteroatoms. The van der Waals surface area contributed by atoms with Gasteiger partial charge in [0.05, 0.1) is 25.2 Å². The number of para-hydroxylation sites is 1. The van der Waals surface area contributed by atoms with Crippen molar-refractivity contribution in [1.82, 2.24) is 9.88 Å². The lowest BCUT2D eigenvalue weighted by molar-refractivity contribution is -0.160. The summed E-state index contributed by atoms with van der Waals surface area (Å²) in [6, 6.07) is 8.83. The molecule has 0 bridgehead atoms. The van der Waals surface area contributed by atoms with Crippen molar-refractivity contribution in [2.45, 2.75) is 37.8 Å². The van der Waals surface area contributed by atoms with Gasteiger partial charge in [-0.1, -0.05) is 18.2 Å². The number of aromatic amines is 1. The number of esters is 1. The Bertz CT molecular complexity index is 851. The largest absolute Gasteiger partial charge is 1.00 e. The molecule has 27 heavy (non-hydrogen) atoms. The third kappa shape index (κ3) is 2.87. The second-order valence-electron chi connectivity index (χ2n) is 8.18. The number of ether oxygens (including phenoxy) is 1. The number of carbonyl (C=O) groups excluding carboxylic acids is 1. The third-order valence-corrected chi connectivity index (χ3v) is 7.02. The highest BCUT2D eigenvalue weighted by atomic mass is 35.5. The Balaban J connectivity index is 0.00000180. The number of aliphatic hydroxyl groups is 1. The minimum Gasteiger partial charge on any atom is -1.00 e. The molecule has 2 N–H and O–H groups in total. The van der Waals surface area contributed by atoms with Gasteiger partial charge in [-0.2, -0.15) is 0 Å². The van der Waals surface area contributed by atoms with Gasteiger partial charge in [-0.25, -0.2) is 0 Å². The first-order valence-corrected chi connectivity index (χ1v) is 9.76. The first-order chi connectivity index (χ1) is 12.7. The van der Waals surface area contributed by atoms with Gasteiger partial charge in [-0.15, -0.1) is 0 Å². The van der Waals surface area contributed by atoms with Crippen molar-refractivity contribution >= 4 is 16.9 Å². The van der Waals surface area contributed by atoms with E-state index in [2.05, 4.69) is 34.1 Å². The zero-order valence-electron chi connectivity index (χ0n) is 15.5. The number of hydrogen-bond donors (Lipinski definition) is 2. The summed E-state index contributed by atoms with van der Waals surface area (Å²) in [5.74, 6) is 0.0541. The van der Waals surface area contributed by atoms with E-state index in [4.69, 9.17) is 4.74 Å². The molecule has 1 aromatic heterocycles. The molecular formula is C21H26ClN2O3-. The average molecular weight is 390 g/mol. The lowest BCUT2D eigenvalue weighted by Crippen LogP contribution is -3.00. The number of fused-ring (bicyclic) bond motifs is 6. The zero-order chi connectivity index (χ0) is 17.8. The number of rotatable bonds is 1. The molecule has 2 aliphatic heterocycles. The van der Waals surface area contributed by atoms with Crippen molar-refractivity contribution in [3.8, 4) is 0 Å². The van der Waals surface area contributed by atoms with Gasteiger partial charge in [0, 0.05) is 29.7 Å².